The molecule has 0 amide bonds. The van der Waals surface area contributed by atoms with E-state index in [1.165, 1.54) is 11.1 Å². The van der Waals surface area contributed by atoms with Gasteiger partial charge in [-0.05, 0) is 24.6 Å². The highest BCUT2D eigenvalue weighted by atomic mass is 15.2. The van der Waals surface area contributed by atoms with Crippen LogP contribution in [0.3, 0.4) is 0 Å². The van der Waals surface area contributed by atoms with Gasteiger partial charge in [-0.15, -0.1) is 6.42 Å². The number of hydrogen-bond donors (Lipinski definition) is 0. The number of aryl methyl sites for hydroxylation is 1. The fraction of sp³-hybridized carbons (Fsp3) is 0.158. The molecular weight excluding hydrogens is 270 g/mol. The minimum Gasteiger partial charge on any atom is -0.341 e. The van der Waals surface area contributed by atoms with Gasteiger partial charge >= 0.3 is 0 Å². The summed E-state index contributed by atoms with van der Waals surface area (Å²) in [7, 11) is 0. The Labute approximate surface area is 130 Å². The first-order valence-electron chi connectivity index (χ1n) is 7.21. The number of hydrogen-bond acceptors (Lipinski definition) is 3. The highest BCUT2D eigenvalue weighted by molar-refractivity contribution is 5.89. The van der Waals surface area contributed by atoms with Crippen LogP contribution in [0.25, 0.3) is 10.9 Å². The molecular formula is C19H17N3. The van der Waals surface area contributed by atoms with Gasteiger partial charge in [0.05, 0.1) is 12.1 Å². The molecule has 0 saturated carbocycles. The van der Waals surface area contributed by atoms with E-state index in [0.717, 1.165) is 23.3 Å². The summed E-state index contributed by atoms with van der Waals surface area (Å²) in [5.41, 5.74) is 3.39. The molecule has 0 saturated heterocycles. The lowest BCUT2D eigenvalue weighted by atomic mass is 10.1. The minimum absolute atomic E-state index is 0.509. The molecule has 108 valence electrons. The van der Waals surface area contributed by atoms with Crippen LogP contribution in [0.5, 0.6) is 0 Å². The summed E-state index contributed by atoms with van der Waals surface area (Å²) >= 11 is 0. The smallest absolute Gasteiger partial charge is 0.140 e. The van der Waals surface area contributed by atoms with E-state index in [9.17, 15) is 0 Å². The lowest BCUT2D eigenvalue weighted by Gasteiger charge is -2.22. The third-order valence-electron chi connectivity index (χ3n) is 3.60. The van der Waals surface area contributed by atoms with Gasteiger partial charge in [-0.3, -0.25) is 0 Å². The molecule has 0 aliphatic carbocycles. The maximum atomic E-state index is 5.55. The summed E-state index contributed by atoms with van der Waals surface area (Å²) < 4.78 is 0. The second kappa shape index (κ2) is 6.28. The van der Waals surface area contributed by atoms with Crippen molar-refractivity contribution in [1.82, 2.24) is 9.97 Å². The van der Waals surface area contributed by atoms with Crippen molar-refractivity contribution >= 4 is 16.7 Å². The standard InChI is InChI=1S/C19H17N3/c1-3-12-22(13-16-10-8-15(2)9-11-16)19-17-6-4-5-7-18(17)20-14-21-19/h1,4-11,14H,12-13H2,2H3. The minimum atomic E-state index is 0.509. The Morgan fingerprint density at radius 2 is 1.82 bits per heavy atom. The Balaban J connectivity index is 1.99. The van der Waals surface area contributed by atoms with Crippen molar-refractivity contribution in [3.8, 4) is 12.3 Å². The molecule has 0 spiro atoms. The van der Waals surface area contributed by atoms with Gasteiger partial charge in [-0.2, -0.15) is 0 Å². The molecule has 0 unspecified atom stereocenters. The SMILES string of the molecule is C#CCN(Cc1ccc(C)cc1)c1ncnc2ccccc12. The summed E-state index contributed by atoms with van der Waals surface area (Å²) in [6.07, 6.45) is 7.15. The number of rotatable bonds is 4. The Morgan fingerprint density at radius 1 is 1.05 bits per heavy atom. The number of nitrogens with zero attached hydrogens (tertiary/aromatic N) is 3. The fourth-order valence-electron chi connectivity index (χ4n) is 2.47. The molecule has 1 heterocycles. The van der Waals surface area contributed by atoms with Crippen LogP contribution < -0.4 is 4.90 Å². The second-order valence-corrected chi connectivity index (χ2v) is 5.26. The van der Waals surface area contributed by atoms with Crippen molar-refractivity contribution in [3.63, 3.8) is 0 Å². The van der Waals surface area contributed by atoms with Crippen molar-refractivity contribution in [2.45, 2.75) is 13.5 Å². The predicted octanol–water partition coefficient (Wildman–Crippen LogP) is 3.58. The van der Waals surface area contributed by atoms with Gasteiger partial charge in [0.1, 0.15) is 12.1 Å². The number of benzene rings is 2. The maximum Gasteiger partial charge on any atom is 0.140 e. The molecule has 0 fully saturated rings. The van der Waals surface area contributed by atoms with Crippen LogP contribution in [0.1, 0.15) is 11.1 Å². The zero-order valence-electron chi connectivity index (χ0n) is 12.5. The third-order valence-corrected chi connectivity index (χ3v) is 3.60. The zero-order valence-corrected chi connectivity index (χ0v) is 12.5. The molecule has 3 rings (SSSR count). The van der Waals surface area contributed by atoms with Crippen LogP contribution in [-0.2, 0) is 6.54 Å². The maximum absolute atomic E-state index is 5.55. The van der Waals surface area contributed by atoms with Gasteiger partial charge in [0.15, 0.2) is 0 Å². The predicted molar refractivity (Wildman–Crippen MR) is 90.6 cm³/mol. The number of terminal acetylenes is 1. The summed E-state index contributed by atoms with van der Waals surface area (Å²) in [4.78, 5) is 10.9. The molecule has 1 aromatic heterocycles. The fourth-order valence-corrected chi connectivity index (χ4v) is 2.47. The van der Waals surface area contributed by atoms with E-state index in [1.807, 2.05) is 24.3 Å². The number of anilines is 1. The molecule has 0 aliphatic heterocycles. The van der Waals surface area contributed by atoms with Crippen LogP contribution in [0.15, 0.2) is 54.9 Å². The average Bonchev–Trinajstić information content (AvgIpc) is 2.56. The van der Waals surface area contributed by atoms with E-state index in [0.29, 0.717) is 6.54 Å². The molecule has 0 radical (unpaired) electrons. The zero-order chi connectivity index (χ0) is 15.4. The lowest BCUT2D eigenvalue weighted by molar-refractivity contribution is 0.858. The molecule has 22 heavy (non-hydrogen) atoms. The summed E-state index contributed by atoms with van der Waals surface area (Å²) in [5.74, 6) is 3.61. The molecule has 0 N–H and O–H groups in total. The van der Waals surface area contributed by atoms with Crippen molar-refractivity contribution in [2.75, 3.05) is 11.4 Å². The van der Waals surface area contributed by atoms with Crippen LogP contribution >= 0.6 is 0 Å². The van der Waals surface area contributed by atoms with E-state index >= 15 is 0 Å². The Morgan fingerprint density at radius 3 is 2.59 bits per heavy atom. The van der Waals surface area contributed by atoms with E-state index < -0.39 is 0 Å². The van der Waals surface area contributed by atoms with Crippen LogP contribution in [0.2, 0.25) is 0 Å². The molecule has 3 heteroatoms. The normalized spacial score (nSPS) is 10.4. The van der Waals surface area contributed by atoms with E-state index in [4.69, 9.17) is 6.42 Å². The van der Waals surface area contributed by atoms with E-state index in [1.54, 1.807) is 6.33 Å². The topological polar surface area (TPSA) is 29.0 Å². The van der Waals surface area contributed by atoms with Crippen molar-refractivity contribution in [2.24, 2.45) is 0 Å². The molecule has 3 aromatic rings. The van der Waals surface area contributed by atoms with Crippen molar-refractivity contribution < 1.29 is 0 Å². The number of aromatic nitrogens is 2. The molecule has 2 aromatic carbocycles. The van der Waals surface area contributed by atoms with Gasteiger partial charge in [-0.1, -0.05) is 47.9 Å². The van der Waals surface area contributed by atoms with Gasteiger partial charge < -0.3 is 4.90 Å². The van der Waals surface area contributed by atoms with Crippen LogP contribution in [0, 0.1) is 19.3 Å². The average molecular weight is 287 g/mol. The summed E-state index contributed by atoms with van der Waals surface area (Å²) in [5, 5.41) is 1.02. The van der Waals surface area contributed by atoms with Gasteiger partial charge in [-0.25, -0.2) is 9.97 Å². The number of para-hydroxylation sites is 1. The highest BCUT2D eigenvalue weighted by Gasteiger charge is 2.11. The Kier molecular flexibility index (Phi) is 4.02. The first-order chi connectivity index (χ1) is 10.8. The quantitative estimate of drug-likeness (QED) is 0.687. The van der Waals surface area contributed by atoms with Crippen LogP contribution in [0.4, 0.5) is 5.82 Å². The second-order valence-electron chi connectivity index (χ2n) is 5.26. The van der Waals surface area contributed by atoms with Gasteiger partial charge in [0, 0.05) is 11.9 Å². The number of fused-ring (bicyclic) bond motifs is 1. The van der Waals surface area contributed by atoms with Crippen molar-refractivity contribution in [1.29, 1.82) is 0 Å². The Bertz CT molecular complexity index is 811. The van der Waals surface area contributed by atoms with Crippen molar-refractivity contribution in [3.05, 3.63) is 66.0 Å². The van der Waals surface area contributed by atoms with Gasteiger partial charge in [0.2, 0.25) is 0 Å². The van der Waals surface area contributed by atoms with E-state index in [-0.39, 0.29) is 0 Å². The first-order valence-corrected chi connectivity index (χ1v) is 7.21. The molecule has 0 bridgehead atoms. The van der Waals surface area contributed by atoms with Gasteiger partial charge in [0.25, 0.3) is 0 Å². The summed E-state index contributed by atoms with van der Waals surface area (Å²) in [6.45, 7) is 3.32. The molecule has 0 aliphatic rings. The van der Waals surface area contributed by atoms with E-state index in [2.05, 4.69) is 52.0 Å². The highest BCUT2D eigenvalue weighted by Crippen LogP contribution is 2.23. The monoisotopic (exact) mass is 287 g/mol. The third kappa shape index (κ3) is 2.91. The Hall–Kier alpha value is -2.86. The molecule has 0 atom stereocenters. The summed E-state index contributed by atoms with van der Waals surface area (Å²) in [6, 6.07) is 16.5. The largest absolute Gasteiger partial charge is 0.341 e. The molecule has 3 nitrogen and oxygen atoms in total. The lowest BCUT2D eigenvalue weighted by Crippen LogP contribution is -2.24. The first kappa shape index (κ1) is 14.1. The van der Waals surface area contributed by atoms with Crippen LogP contribution in [-0.4, -0.2) is 16.5 Å².